The highest BCUT2D eigenvalue weighted by Gasteiger charge is 2.23. The second kappa shape index (κ2) is 5.03. The summed E-state index contributed by atoms with van der Waals surface area (Å²) in [6, 6.07) is 6.07. The van der Waals surface area contributed by atoms with Gasteiger partial charge in [-0.3, -0.25) is 4.79 Å². The Bertz CT molecular complexity index is 629. The molecule has 1 aromatic carbocycles. The Hall–Kier alpha value is -2.24. The van der Waals surface area contributed by atoms with Gasteiger partial charge in [-0.25, -0.2) is 0 Å². The van der Waals surface area contributed by atoms with Crippen LogP contribution in [0.4, 0.5) is 11.7 Å². The Labute approximate surface area is 116 Å². The van der Waals surface area contributed by atoms with Crippen molar-refractivity contribution in [1.82, 2.24) is 4.98 Å². The lowest BCUT2D eigenvalue weighted by molar-refractivity contribution is -0.119. The van der Waals surface area contributed by atoms with Gasteiger partial charge in [0.2, 0.25) is 5.91 Å². The number of piperidine rings is 1. The van der Waals surface area contributed by atoms with Crippen LogP contribution in [0.15, 0.2) is 22.6 Å². The summed E-state index contributed by atoms with van der Waals surface area (Å²) >= 11 is 0. The summed E-state index contributed by atoms with van der Waals surface area (Å²) < 4.78 is 5.75. The molecule has 0 radical (unpaired) electrons. The summed E-state index contributed by atoms with van der Waals surface area (Å²) in [5, 5.41) is 0. The molecule has 1 aliphatic rings. The molecule has 6 heteroatoms. The number of hydrogen-bond donors (Lipinski definition) is 2. The minimum atomic E-state index is -0.221. The number of carbonyl (C=O) groups is 1. The van der Waals surface area contributed by atoms with E-state index in [1.54, 1.807) is 6.07 Å². The molecule has 6 nitrogen and oxygen atoms in total. The van der Waals surface area contributed by atoms with Crippen molar-refractivity contribution < 1.29 is 9.21 Å². The van der Waals surface area contributed by atoms with Gasteiger partial charge in [0.05, 0.1) is 0 Å². The zero-order chi connectivity index (χ0) is 14.1. The van der Waals surface area contributed by atoms with E-state index in [0.717, 1.165) is 37.0 Å². The Morgan fingerprint density at radius 3 is 2.85 bits per heavy atom. The van der Waals surface area contributed by atoms with Gasteiger partial charge in [-0.1, -0.05) is 0 Å². The first-order valence-electron chi connectivity index (χ1n) is 6.81. The number of nitrogen functional groups attached to an aromatic ring is 1. The van der Waals surface area contributed by atoms with Crippen LogP contribution in [0, 0.1) is 5.92 Å². The highest BCUT2D eigenvalue weighted by molar-refractivity contribution is 5.78. The third-order valence-corrected chi connectivity index (χ3v) is 3.78. The molecule has 1 fully saturated rings. The van der Waals surface area contributed by atoms with E-state index in [1.165, 1.54) is 0 Å². The number of nitrogens with zero attached hydrogens (tertiary/aromatic N) is 2. The van der Waals surface area contributed by atoms with Crippen molar-refractivity contribution in [3.63, 3.8) is 0 Å². The van der Waals surface area contributed by atoms with Crippen LogP contribution in [0.3, 0.4) is 0 Å². The van der Waals surface area contributed by atoms with E-state index < -0.39 is 0 Å². The minimum absolute atomic E-state index is 0.221. The maximum absolute atomic E-state index is 10.9. The maximum atomic E-state index is 10.9. The molecular formula is C14H18N4O2. The highest BCUT2D eigenvalue weighted by Crippen LogP contribution is 2.28. The predicted octanol–water partition coefficient (Wildman–Crippen LogP) is 1.50. The van der Waals surface area contributed by atoms with E-state index in [-0.39, 0.29) is 5.91 Å². The van der Waals surface area contributed by atoms with Crippen molar-refractivity contribution in [3.8, 4) is 0 Å². The SMILES string of the molecule is NC(=O)CC1CCN(c2nc3cc(N)ccc3o2)CC1. The second-order valence-electron chi connectivity index (χ2n) is 5.32. The predicted molar refractivity (Wildman–Crippen MR) is 77.2 cm³/mol. The number of anilines is 2. The number of primary amides is 1. The molecule has 0 atom stereocenters. The number of amides is 1. The zero-order valence-electron chi connectivity index (χ0n) is 11.2. The number of fused-ring (bicyclic) bond motifs is 1. The molecule has 1 amide bonds. The van der Waals surface area contributed by atoms with E-state index in [4.69, 9.17) is 15.9 Å². The smallest absolute Gasteiger partial charge is 0.298 e. The monoisotopic (exact) mass is 274 g/mol. The first-order chi connectivity index (χ1) is 9.61. The molecule has 20 heavy (non-hydrogen) atoms. The Morgan fingerprint density at radius 1 is 1.40 bits per heavy atom. The van der Waals surface area contributed by atoms with Gasteiger partial charge in [0.25, 0.3) is 6.01 Å². The lowest BCUT2D eigenvalue weighted by Gasteiger charge is -2.30. The fourth-order valence-corrected chi connectivity index (χ4v) is 2.68. The third-order valence-electron chi connectivity index (χ3n) is 3.78. The molecule has 2 heterocycles. The van der Waals surface area contributed by atoms with Crippen molar-refractivity contribution in [3.05, 3.63) is 18.2 Å². The largest absolute Gasteiger partial charge is 0.423 e. The van der Waals surface area contributed by atoms with E-state index >= 15 is 0 Å². The molecule has 0 saturated carbocycles. The van der Waals surface area contributed by atoms with Gasteiger partial charge in [-0.05, 0) is 37.0 Å². The molecule has 1 aliphatic heterocycles. The van der Waals surface area contributed by atoms with Crippen LogP contribution >= 0.6 is 0 Å². The third kappa shape index (κ3) is 2.54. The van der Waals surface area contributed by atoms with Gasteiger partial charge in [-0.2, -0.15) is 4.98 Å². The Balaban J connectivity index is 1.71. The maximum Gasteiger partial charge on any atom is 0.298 e. The number of hydrogen-bond acceptors (Lipinski definition) is 5. The van der Waals surface area contributed by atoms with Gasteiger partial charge in [0, 0.05) is 25.2 Å². The van der Waals surface area contributed by atoms with Crippen molar-refractivity contribution in [2.45, 2.75) is 19.3 Å². The van der Waals surface area contributed by atoms with E-state index in [2.05, 4.69) is 9.88 Å². The summed E-state index contributed by atoms with van der Waals surface area (Å²) in [7, 11) is 0. The van der Waals surface area contributed by atoms with Crippen molar-refractivity contribution in [1.29, 1.82) is 0 Å². The lowest BCUT2D eigenvalue weighted by Crippen LogP contribution is -2.35. The number of carbonyl (C=O) groups excluding carboxylic acids is 1. The van der Waals surface area contributed by atoms with Crippen LogP contribution in [0.5, 0.6) is 0 Å². The molecular weight excluding hydrogens is 256 g/mol. The van der Waals surface area contributed by atoms with Crippen molar-refractivity contribution in [2.24, 2.45) is 11.7 Å². The molecule has 1 saturated heterocycles. The standard InChI is InChI=1S/C14H18N4O2/c15-10-1-2-12-11(8-10)17-14(20-12)18-5-3-9(4-6-18)7-13(16)19/h1-2,8-9H,3-7,15H2,(H2,16,19). The Kier molecular flexibility index (Phi) is 3.22. The first-order valence-corrected chi connectivity index (χ1v) is 6.81. The van der Waals surface area contributed by atoms with Crippen molar-refractivity contribution >= 4 is 28.7 Å². The molecule has 4 N–H and O–H groups in total. The minimum Gasteiger partial charge on any atom is -0.423 e. The fraction of sp³-hybridized carbons (Fsp3) is 0.429. The summed E-state index contributed by atoms with van der Waals surface area (Å²) in [5.74, 6) is 0.157. The lowest BCUT2D eigenvalue weighted by atomic mass is 9.93. The summed E-state index contributed by atoms with van der Waals surface area (Å²) in [4.78, 5) is 17.5. The molecule has 106 valence electrons. The van der Waals surface area contributed by atoms with Crippen LogP contribution < -0.4 is 16.4 Å². The molecule has 0 aliphatic carbocycles. The van der Waals surface area contributed by atoms with Crippen LogP contribution in [0.1, 0.15) is 19.3 Å². The molecule has 0 spiro atoms. The van der Waals surface area contributed by atoms with Crippen LogP contribution in [0.25, 0.3) is 11.1 Å². The van der Waals surface area contributed by atoms with E-state index in [1.807, 2.05) is 12.1 Å². The van der Waals surface area contributed by atoms with Crippen LogP contribution in [0.2, 0.25) is 0 Å². The number of benzene rings is 1. The fourth-order valence-electron chi connectivity index (χ4n) is 2.68. The van der Waals surface area contributed by atoms with E-state index in [0.29, 0.717) is 24.0 Å². The van der Waals surface area contributed by atoms with Gasteiger partial charge < -0.3 is 20.8 Å². The molecule has 2 aromatic rings. The van der Waals surface area contributed by atoms with Crippen LogP contribution in [-0.4, -0.2) is 24.0 Å². The molecule has 1 aromatic heterocycles. The van der Waals surface area contributed by atoms with Gasteiger partial charge in [0.1, 0.15) is 5.52 Å². The number of oxazole rings is 1. The topological polar surface area (TPSA) is 98.4 Å². The van der Waals surface area contributed by atoms with Gasteiger partial charge in [-0.15, -0.1) is 0 Å². The van der Waals surface area contributed by atoms with Crippen LogP contribution in [-0.2, 0) is 4.79 Å². The summed E-state index contributed by atoms with van der Waals surface area (Å²) in [5.41, 5.74) is 13.2. The summed E-state index contributed by atoms with van der Waals surface area (Å²) in [6.07, 6.45) is 2.34. The molecule has 3 rings (SSSR count). The quantitative estimate of drug-likeness (QED) is 0.826. The average molecular weight is 274 g/mol. The average Bonchev–Trinajstić information content (AvgIpc) is 2.81. The van der Waals surface area contributed by atoms with E-state index in [9.17, 15) is 4.79 Å². The number of rotatable bonds is 3. The molecule has 0 bridgehead atoms. The highest BCUT2D eigenvalue weighted by atomic mass is 16.4. The normalized spacial score (nSPS) is 16.7. The number of nitrogens with two attached hydrogens (primary N) is 2. The second-order valence-corrected chi connectivity index (χ2v) is 5.32. The van der Waals surface area contributed by atoms with Crippen molar-refractivity contribution in [2.75, 3.05) is 23.7 Å². The number of aromatic nitrogens is 1. The first kappa shape index (κ1) is 12.8. The zero-order valence-corrected chi connectivity index (χ0v) is 11.2. The van der Waals surface area contributed by atoms with Gasteiger partial charge >= 0.3 is 0 Å². The van der Waals surface area contributed by atoms with Gasteiger partial charge in [0.15, 0.2) is 5.58 Å². The molecule has 0 unspecified atom stereocenters. The summed E-state index contributed by atoms with van der Waals surface area (Å²) in [6.45, 7) is 1.67. The Morgan fingerprint density at radius 2 is 2.15 bits per heavy atom.